The van der Waals surface area contributed by atoms with Gasteiger partial charge < -0.3 is 25.0 Å². The Balaban J connectivity index is -0.0000000119. The van der Waals surface area contributed by atoms with Gasteiger partial charge in [0.25, 0.3) is 0 Å². The lowest BCUT2D eigenvalue weighted by Crippen LogP contribution is -2.28. The average molecular weight is 206 g/mol. The summed E-state index contributed by atoms with van der Waals surface area (Å²) in [6, 6.07) is 0. The van der Waals surface area contributed by atoms with Crippen LogP contribution in [0.1, 0.15) is 29.2 Å². The lowest BCUT2D eigenvalue weighted by molar-refractivity contribution is 0.239. The van der Waals surface area contributed by atoms with Crippen molar-refractivity contribution in [3.05, 3.63) is 0 Å². The highest BCUT2D eigenvalue weighted by Crippen LogP contribution is 1.75. The summed E-state index contributed by atoms with van der Waals surface area (Å²) in [6.07, 6.45) is 0. The number of aliphatic hydroxyl groups excluding tert-OH is 1. The highest BCUT2D eigenvalue weighted by atomic mass is 28.4. The molecule has 6 heteroatoms. The van der Waals surface area contributed by atoms with E-state index < -0.39 is 8.80 Å². The molecule has 0 spiro atoms. The predicted octanol–water partition coefficient (Wildman–Crippen LogP) is -0.386. The number of aliphatic hydroxyl groups is 1. The predicted molar refractivity (Wildman–Crippen MR) is 54.8 cm³/mol. The smallest absolute Gasteiger partial charge is 0.412 e. The quantitative estimate of drug-likeness (QED) is 0.404. The van der Waals surface area contributed by atoms with Gasteiger partial charge in [0.1, 0.15) is 0 Å². The summed E-state index contributed by atoms with van der Waals surface area (Å²) in [5.41, 5.74) is 0. The topological polar surface area (TPSA) is 112 Å². The number of hydrogen-bond acceptors (Lipinski definition) is 4. The van der Waals surface area contributed by atoms with E-state index in [2.05, 4.69) is 0 Å². The van der Waals surface area contributed by atoms with E-state index in [4.69, 9.17) is 19.5 Å². The van der Waals surface area contributed by atoms with E-state index in [1.54, 1.807) is 6.92 Å². The third-order valence-corrected chi connectivity index (χ3v) is 0. The number of hydrogen-bond donors (Lipinski definition) is 4. The van der Waals surface area contributed by atoms with Gasteiger partial charge >= 0.3 is 8.80 Å². The third kappa shape index (κ3) is 2860000. The maximum atomic E-state index is 7.77. The van der Waals surface area contributed by atoms with Gasteiger partial charge in [0.15, 0.2) is 0 Å². The largest absolute Gasteiger partial charge is 0.489 e. The van der Waals surface area contributed by atoms with E-state index in [-0.39, 0.29) is 34.4 Å². The summed E-state index contributed by atoms with van der Waals surface area (Å²) < 4.78 is 0. The van der Waals surface area contributed by atoms with Gasteiger partial charge in [0.05, 0.1) is 0 Å². The lowest BCUT2D eigenvalue weighted by Gasteiger charge is -1.95. The van der Waals surface area contributed by atoms with Gasteiger partial charge in [-0.15, -0.1) is 0 Å². The standard InChI is InChI=1S/C2H6O.CH6O3Si.3CH4.H2O/c1-2-3;1-5(2,3)4;;;;/h3H,2H2,1H3;2-4H,1H3;3*1H4;1H2. The van der Waals surface area contributed by atoms with Crippen molar-refractivity contribution in [2.75, 3.05) is 6.61 Å². The molecular weight excluding hydrogens is 180 g/mol. The molecule has 0 bridgehead atoms. The molecule has 6 N–H and O–H groups in total. The Kier molecular flexibility index (Phi) is 75.4. The Bertz CT molecular complexity index is 39.7. The molecule has 0 fully saturated rings. The van der Waals surface area contributed by atoms with Crippen molar-refractivity contribution in [2.24, 2.45) is 0 Å². The molecule has 0 amide bonds. The fraction of sp³-hybridized carbons (Fsp3) is 1.00. The van der Waals surface area contributed by atoms with E-state index in [1.807, 2.05) is 0 Å². The van der Waals surface area contributed by atoms with Crippen LogP contribution in [0, 0.1) is 0 Å². The summed E-state index contributed by atoms with van der Waals surface area (Å²) in [6.45, 7) is 2.92. The summed E-state index contributed by atoms with van der Waals surface area (Å²) in [5.74, 6) is 0. The first-order chi connectivity index (χ1) is 3.41. The van der Waals surface area contributed by atoms with E-state index >= 15 is 0 Å². The normalized spacial score (nSPS) is 6.50. The molecule has 0 radical (unpaired) electrons. The highest BCUT2D eigenvalue weighted by Gasteiger charge is 2.14. The Hall–Kier alpha value is 0.0169. The van der Waals surface area contributed by atoms with Crippen LogP contribution in [0.15, 0.2) is 0 Å². The van der Waals surface area contributed by atoms with Crippen LogP contribution in [-0.4, -0.2) is 40.4 Å². The minimum Gasteiger partial charge on any atom is -0.412 e. The number of rotatable bonds is 0. The Morgan fingerprint density at radius 1 is 1.00 bits per heavy atom. The van der Waals surface area contributed by atoms with Crippen LogP contribution in [0.5, 0.6) is 0 Å². The van der Waals surface area contributed by atoms with Gasteiger partial charge in [-0.3, -0.25) is 0 Å². The molecule has 0 aliphatic carbocycles. The van der Waals surface area contributed by atoms with Crippen LogP contribution < -0.4 is 0 Å². The zero-order chi connectivity index (χ0) is 7.21. The maximum Gasteiger partial charge on any atom is 0.489 e. The molecule has 0 atom stereocenters. The van der Waals surface area contributed by atoms with Crippen molar-refractivity contribution >= 4 is 8.80 Å². The second kappa shape index (κ2) is 22.5. The monoisotopic (exact) mass is 206 g/mol. The molecule has 0 rings (SSSR count). The maximum absolute atomic E-state index is 7.77. The summed E-state index contributed by atoms with van der Waals surface area (Å²) in [5, 5.41) is 7.57. The van der Waals surface area contributed by atoms with Crippen LogP contribution in [-0.2, 0) is 0 Å². The molecule has 0 aromatic rings. The summed E-state index contributed by atoms with van der Waals surface area (Å²) in [7, 11) is -3.61. The molecule has 0 aliphatic heterocycles. The van der Waals surface area contributed by atoms with Gasteiger partial charge in [-0.1, -0.05) is 22.3 Å². The van der Waals surface area contributed by atoms with Crippen molar-refractivity contribution in [1.82, 2.24) is 0 Å². The van der Waals surface area contributed by atoms with Crippen LogP contribution in [0.3, 0.4) is 0 Å². The highest BCUT2D eigenvalue weighted by molar-refractivity contribution is 6.54. The van der Waals surface area contributed by atoms with Crippen molar-refractivity contribution in [3.8, 4) is 0 Å². The first-order valence-electron chi connectivity index (χ1n) is 2.19. The SMILES string of the molecule is C.C.C.CCO.C[Si](O)(O)O.O. The van der Waals surface area contributed by atoms with Crippen LogP contribution in [0.4, 0.5) is 0 Å². The minimum atomic E-state index is -3.61. The molecule has 12 heavy (non-hydrogen) atoms. The minimum absolute atomic E-state index is 0. The van der Waals surface area contributed by atoms with Crippen LogP contribution in [0.2, 0.25) is 6.55 Å². The van der Waals surface area contributed by atoms with Gasteiger partial charge in [-0.05, 0) is 6.92 Å². The van der Waals surface area contributed by atoms with Gasteiger partial charge in [-0.25, -0.2) is 0 Å². The molecule has 0 saturated heterocycles. The molecule has 0 unspecified atom stereocenters. The van der Waals surface area contributed by atoms with Crippen LogP contribution in [0.25, 0.3) is 0 Å². The van der Waals surface area contributed by atoms with Crippen LogP contribution >= 0.6 is 0 Å². The van der Waals surface area contributed by atoms with E-state index in [0.29, 0.717) is 0 Å². The molecule has 0 heterocycles. The van der Waals surface area contributed by atoms with Crippen molar-refractivity contribution in [1.29, 1.82) is 0 Å². The molecular formula is C6H26O5Si. The third-order valence-electron chi connectivity index (χ3n) is 0. The molecule has 0 saturated carbocycles. The second-order valence-corrected chi connectivity index (χ2v) is 3.23. The van der Waals surface area contributed by atoms with Gasteiger partial charge in [0, 0.05) is 13.2 Å². The molecule has 0 aromatic heterocycles. The fourth-order valence-corrected chi connectivity index (χ4v) is 0. The summed E-state index contributed by atoms with van der Waals surface area (Å²) >= 11 is 0. The molecule has 84 valence electrons. The van der Waals surface area contributed by atoms with Crippen molar-refractivity contribution < 1.29 is 25.0 Å². The molecule has 0 aromatic carbocycles. The Labute approximate surface area is 77.0 Å². The fourth-order valence-electron chi connectivity index (χ4n) is 0. The average Bonchev–Trinajstić information content (AvgIpc) is 1.27. The lowest BCUT2D eigenvalue weighted by atomic mass is 10.9. The van der Waals surface area contributed by atoms with E-state index in [1.165, 1.54) is 0 Å². The molecule has 0 aliphatic rings. The van der Waals surface area contributed by atoms with Gasteiger partial charge in [0.2, 0.25) is 0 Å². The molecule has 5 nitrogen and oxygen atoms in total. The zero-order valence-electron chi connectivity index (χ0n) is 5.50. The Morgan fingerprint density at radius 2 is 1.00 bits per heavy atom. The van der Waals surface area contributed by atoms with E-state index in [0.717, 1.165) is 6.55 Å². The zero-order valence-corrected chi connectivity index (χ0v) is 6.50. The van der Waals surface area contributed by atoms with Crippen molar-refractivity contribution in [2.45, 2.75) is 35.8 Å². The van der Waals surface area contributed by atoms with Gasteiger partial charge in [-0.2, -0.15) is 0 Å². The first-order valence-corrected chi connectivity index (χ1v) is 4.54. The van der Waals surface area contributed by atoms with E-state index in [9.17, 15) is 0 Å². The summed E-state index contributed by atoms with van der Waals surface area (Å²) in [4.78, 5) is 23.3. The Morgan fingerprint density at radius 3 is 1.00 bits per heavy atom. The van der Waals surface area contributed by atoms with Crippen molar-refractivity contribution in [3.63, 3.8) is 0 Å². The second-order valence-electron chi connectivity index (χ2n) is 1.29. The first kappa shape index (κ1) is 40.3.